The zero-order valence-electron chi connectivity index (χ0n) is 8.44. The molecule has 1 saturated heterocycles. The lowest BCUT2D eigenvalue weighted by Gasteiger charge is -2.34. The third kappa shape index (κ3) is 1.65. The molecule has 0 aromatic rings. The lowest BCUT2D eigenvalue weighted by molar-refractivity contribution is -0.0966. The van der Waals surface area contributed by atoms with E-state index >= 15 is 0 Å². The molecule has 1 unspecified atom stereocenters. The lowest BCUT2D eigenvalue weighted by Crippen LogP contribution is -2.42. The average molecular weight is 181 g/mol. The number of ether oxygens (including phenoxy) is 1. The molecule has 1 N–H and O–H groups in total. The zero-order valence-corrected chi connectivity index (χ0v) is 8.44. The van der Waals surface area contributed by atoms with Gasteiger partial charge >= 0.3 is 0 Å². The largest absolute Gasteiger partial charge is 0.349 e. The van der Waals surface area contributed by atoms with Crippen LogP contribution in [0.3, 0.4) is 0 Å². The van der Waals surface area contributed by atoms with E-state index < -0.39 is 0 Å². The van der Waals surface area contributed by atoms with Gasteiger partial charge in [-0.3, -0.25) is 5.32 Å². The van der Waals surface area contributed by atoms with Gasteiger partial charge in [-0.2, -0.15) is 0 Å². The van der Waals surface area contributed by atoms with Crippen molar-refractivity contribution in [2.45, 2.75) is 50.4 Å². The fourth-order valence-electron chi connectivity index (χ4n) is 2.37. The quantitative estimate of drug-likeness (QED) is 0.626. The van der Waals surface area contributed by atoms with Crippen molar-refractivity contribution in [3.8, 4) is 0 Å². The van der Waals surface area contributed by atoms with Gasteiger partial charge in [-0.05, 0) is 32.6 Å². The predicted molar refractivity (Wildman–Crippen MR) is 53.5 cm³/mol. The highest BCUT2D eigenvalue weighted by molar-refractivity contribution is 5.04. The molecule has 13 heavy (non-hydrogen) atoms. The van der Waals surface area contributed by atoms with Gasteiger partial charge in [0.2, 0.25) is 0 Å². The van der Waals surface area contributed by atoms with Crippen LogP contribution in [0.15, 0.2) is 12.7 Å². The van der Waals surface area contributed by atoms with Crippen LogP contribution < -0.4 is 5.32 Å². The van der Waals surface area contributed by atoms with Crippen molar-refractivity contribution in [1.29, 1.82) is 0 Å². The smallest absolute Gasteiger partial charge is 0.120 e. The molecular formula is C11H19NO. The summed E-state index contributed by atoms with van der Waals surface area (Å²) in [7, 11) is 0. The molecule has 2 nitrogen and oxygen atoms in total. The van der Waals surface area contributed by atoms with E-state index in [0.29, 0.717) is 0 Å². The van der Waals surface area contributed by atoms with Crippen molar-refractivity contribution in [2.24, 2.45) is 0 Å². The van der Waals surface area contributed by atoms with Crippen LogP contribution >= 0.6 is 0 Å². The molecule has 2 aliphatic rings. The molecule has 0 bridgehead atoms. The van der Waals surface area contributed by atoms with Crippen molar-refractivity contribution in [2.75, 3.05) is 6.54 Å². The van der Waals surface area contributed by atoms with Crippen molar-refractivity contribution in [1.82, 2.24) is 5.32 Å². The van der Waals surface area contributed by atoms with E-state index in [0.717, 1.165) is 19.4 Å². The second-order valence-corrected chi connectivity index (χ2v) is 4.53. The van der Waals surface area contributed by atoms with E-state index in [4.69, 9.17) is 4.74 Å². The molecule has 1 aliphatic carbocycles. The highest BCUT2D eigenvalue weighted by Gasteiger charge is 2.44. The van der Waals surface area contributed by atoms with E-state index in [-0.39, 0.29) is 11.3 Å². The Labute approximate surface area is 80.4 Å². The summed E-state index contributed by atoms with van der Waals surface area (Å²) >= 11 is 0. The summed E-state index contributed by atoms with van der Waals surface area (Å²) in [6, 6.07) is 0. The summed E-state index contributed by atoms with van der Waals surface area (Å²) in [6.07, 6.45) is 8.19. The van der Waals surface area contributed by atoms with Gasteiger partial charge in [-0.25, -0.2) is 0 Å². The Morgan fingerprint density at radius 2 is 2.00 bits per heavy atom. The topological polar surface area (TPSA) is 21.3 Å². The van der Waals surface area contributed by atoms with Gasteiger partial charge in [-0.15, -0.1) is 6.58 Å². The molecule has 74 valence electrons. The SMILES string of the molecule is C=CC1(C)CNC2(CCCCC2)O1. The monoisotopic (exact) mass is 181 g/mol. The van der Waals surface area contributed by atoms with Gasteiger partial charge in [0.25, 0.3) is 0 Å². The van der Waals surface area contributed by atoms with Crippen LogP contribution in [-0.2, 0) is 4.74 Å². The first-order valence-electron chi connectivity index (χ1n) is 5.27. The van der Waals surface area contributed by atoms with Crippen molar-refractivity contribution >= 4 is 0 Å². The summed E-state index contributed by atoms with van der Waals surface area (Å²) in [5, 5.41) is 3.52. The standard InChI is InChI=1S/C11H19NO/c1-3-10(2)9-12-11(13-10)7-5-4-6-8-11/h3,12H,1,4-9H2,2H3. The molecule has 2 fully saturated rings. The Balaban J connectivity index is 2.06. The zero-order chi connectivity index (χ0) is 9.36. The second kappa shape index (κ2) is 3.10. The maximum Gasteiger partial charge on any atom is 0.120 e. The lowest BCUT2D eigenvalue weighted by atomic mass is 9.92. The van der Waals surface area contributed by atoms with Crippen molar-refractivity contribution < 1.29 is 4.74 Å². The van der Waals surface area contributed by atoms with Gasteiger partial charge in [0.05, 0.1) is 5.60 Å². The van der Waals surface area contributed by atoms with Gasteiger partial charge in [0, 0.05) is 6.54 Å². The first kappa shape index (κ1) is 9.22. The summed E-state index contributed by atoms with van der Waals surface area (Å²) < 4.78 is 6.10. The third-order valence-corrected chi connectivity index (χ3v) is 3.28. The third-order valence-electron chi connectivity index (χ3n) is 3.28. The minimum Gasteiger partial charge on any atom is -0.349 e. The second-order valence-electron chi connectivity index (χ2n) is 4.53. The summed E-state index contributed by atoms with van der Waals surface area (Å²) in [6.45, 7) is 6.85. The van der Waals surface area contributed by atoms with Gasteiger partial charge in [0.15, 0.2) is 0 Å². The summed E-state index contributed by atoms with van der Waals surface area (Å²) in [4.78, 5) is 0. The maximum absolute atomic E-state index is 6.10. The Morgan fingerprint density at radius 1 is 1.31 bits per heavy atom. The minimum absolute atomic E-state index is 0.0127. The van der Waals surface area contributed by atoms with Gasteiger partial charge < -0.3 is 4.74 Å². The van der Waals surface area contributed by atoms with Crippen LogP contribution in [0.1, 0.15) is 39.0 Å². The molecule has 1 aliphatic heterocycles. The predicted octanol–water partition coefficient (Wildman–Crippen LogP) is 2.21. The Morgan fingerprint density at radius 3 is 2.54 bits per heavy atom. The van der Waals surface area contributed by atoms with Crippen molar-refractivity contribution in [3.63, 3.8) is 0 Å². The normalized spacial score (nSPS) is 37.9. The number of hydrogen-bond acceptors (Lipinski definition) is 2. The molecule has 1 atom stereocenters. The number of hydrogen-bond donors (Lipinski definition) is 1. The van der Waals surface area contributed by atoms with E-state index in [1.165, 1.54) is 19.3 Å². The van der Waals surface area contributed by atoms with Crippen LogP contribution in [0.4, 0.5) is 0 Å². The number of nitrogens with one attached hydrogen (secondary N) is 1. The van der Waals surface area contributed by atoms with Gasteiger partial charge in [-0.1, -0.05) is 12.5 Å². The highest BCUT2D eigenvalue weighted by Crippen LogP contribution is 2.37. The number of rotatable bonds is 1. The Bertz CT molecular complexity index is 208. The molecule has 0 aromatic carbocycles. The molecule has 1 spiro atoms. The van der Waals surface area contributed by atoms with Crippen LogP contribution in [0.5, 0.6) is 0 Å². The maximum atomic E-state index is 6.10. The summed E-state index contributed by atoms with van der Waals surface area (Å²) in [5.74, 6) is 0. The van der Waals surface area contributed by atoms with Crippen LogP contribution in [0.2, 0.25) is 0 Å². The van der Waals surface area contributed by atoms with Crippen LogP contribution in [0.25, 0.3) is 0 Å². The first-order valence-corrected chi connectivity index (χ1v) is 5.27. The molecule has 0 amide bonds. The Kier molecular flexibility index (Phi) is 2.20. The van der Waals surface area contributed by atoms with Gasteiger partial charge in [0.1, 0.15) is 5.72 Å². The highest BCUT2D eigenvalue weighted by atomic mass is 16.5. The molecular weight excluding hydrogens is 162 g/mol. The molecule has 0 radical (unpaired) electrons. The molecule has 0 aromatic heterocycles. The molecule has 1 heterocycles. The van der Waals surface area contributed by atoms with Crippen LogP contribution in [0, 0.1) is 0 Å². The minimum atomic E-state index is -0.142. The van der Waals surface area contributed by atoms with Crippen molar-refractivity contribution in [3.05, 3.63) is 12.7 Å². The fraction of sp³-hybridized carbons (Fsp3) is 0.818. The molecule has 1 saturated carbocycles. The molecule has 2 heteroatoms. The van der Waals surface area contributed by atoms with E-state index in [2.05, 4.69) is 18.8 Å². The van der Waals surface area contributed by atoms with Crippen LogP contribution in [-0.4, -0.2) is 17.9 Å². The fourth-order valence-corrected chi connectivity index (χ4v) is 2.37. The summed E-state index contributed by atoms with van der Waals surface area (Å²) in [5.41, 5.74) is -0.154. The van der Waals surface area contributed by atoms with E-state index in [1.54, 1.807) is 0 Å². The van der Waals surface area contributed by atoms with E-state index in [1.807, 2.05) is 6.08 Å². The average Bonchev–Trinajstić information content (AvgIpc) is 2.47. The Hall–Kier alpha value is -0.340. The molecule has 2 rings (SSSR count). The first-order chi connectivity index (χ1) is 6.18. The van der Waals surface area contributed by atoms with E-state index in [9.17, 15) is 0 Å².